The molecule has 2 rings (SSSR count). The molecule has 0 radical (unpaired) electrons. The Labute approximate surface area is 117 Å². The molecular formula is C15H28N4. The van der Waals surface area contributed by atoms with E-state index in [-0.39, 0.29) is 0 Å². The van der Waals surface area contributed by atoms with E-state index in [1.807, 2.05) is 0 Å². The van der Waals surface area contributed by atoms with Crippen molar-refractivity contribution in [3.05, 3.63) is 12.2 Å². The minimum atomic E-state index is 0.322. The lowest BCUT2D eigenvalue weighted by atomic mass is 9.81. The van der Waals surface area contributed by atoms with Gasteiger partial charge in [0.1, 0.15) is 12.2 Å². The highest BCUT2D eigenvalue weighted by atomic mass is 15.3. The van der Waals surface area contributed by atoms with Gasteiger partial charge in [0.25, 0.3) is 0 Å². The molecule has 4 heteroatoms. The lowest BCUT2D eigenvalue weighted by Gasteiger charge is -2.31. The third-order valence-corrected chi connectivity index (χ3v) is 4.17. The van der Waals surface area contributed by atoms with Crippen LogP contribution in [0.1, 0.15) is 52.8 Å². The number of hydrogen-bond acceptors (Lipinski definition) is 3. The molecule has 1 aromatic rings. The Kier molecular flexibility index (Phi) is 4.61. The highest BCUT2D eigenvalue weighted by Gasteiger charge is 2.42. The molecule has 1 saturated carbocycles. The van der Waals surface area contributed by atoms with Gasteiger partial charge in [0.2, 0.25) is 0 Å². The topological polar surface area (TPSA) is 42.7 Å². The fourth-order valence-electron chi connectivity index (χ4n) is 2.75. The van der Waals surface area contributed by atoms with E-state index in [0.717, 1.165) is 37.7 Å². The Hall–Kier alpha value is -0.900. The summed E-state index contributed by atoms with van der Waals surface area (Å²) in [5.74, 6) is 2.01. The van der Waals surface area contributed by atoms with Gasteiger partial charge in [0.05, 0.1) is 0 Å². The molecule has 1 unspecified atom stereocenters. The van der Waals surface area contributed by atoms with Crippen LogP contribution >= 0.6 is 0 Å². The summed E-state index contributed by atoms with van der Waals surface area (Å²) in [4.78, 5) is 4.48. The highest BCUT2D eigenvalue weighted by molar-refractivity contribution is 5.00. The fourth-order valence-corrected chi connectivity index (χ4v) is 2.75. The van der Waals surface area contributed by atoms with Crippen molar-refractivity contribution in [1.29, 1.82) is 0 Å². The predicted octanol–water partition coefficient (Wildman–Crippen LogP) is 2.64. The quantitative estimate of drug-likeness (QED) is 0.785. The van der Waals surface area contributed by atoms with Gasteiger partial charge in [0.15, 0.2) is 0 Å². The van der Waals surface area contributed by atoms with Crippen molar-refractivity contribution in [3.63, 3.8) is 0 Å². The summed E-state index contributed by atoms with van der Waals surface area (Å²) < 4.78 is 2.08. The molecule has 0 aromatic carbocycles. The first-order valence-corrected chi connectivity index (χ1v) is 7.65. The first-order chi connectivity index (χ1) is 9.05. The van der Waals surface area contributed by atoms with Crippen LogP contribution in [0.25, 0.3) is 0 Å². The van der Waals surface area contributed by atoms with Crippen molar-refractivity contribution >= 4 is 0 Å². The fraction of sp³-hybridized carbons (Fsp3) is 0.867. The van der Waals surface area contributed by atoms with E-state index < -0.39 is 0 Å². The van der Waals surface area contributed by atoms with Gasteiger partial charge < -0.3 is 5.32 Å². The van der Waals surface area contributed by atoms with Crippen LogP contribution in [0.15, 0.2) is 6.33 Å². The van der Waals surface area contributed by atoms with Gasteiger partial charge in [-0.05, 0) is 30.6 Å². The van der Waals surface area contributed by atoms with Crippen molar-refractivity contribution in [2.75, 3.05) is 6.54 Å². The van der Waals surface area contributed by atoms with Crippen LogP contribution in [0.4, 0.5) is 0 Å². The van der Waals surface area contributed by atoms with Gasteiger partial charge in [-0.15, -0.1) is 0 Å². The van der Waals surface area contributed by atoms with E-state index in [9.17, 15) is 0 Å². The molecule has 19 heavy (non-hydrogen) atoms. The molecule has 0 saturated heterocycles. The second kappa shape index (κ2) is 6.04. The van der Waals surface area contributed by atoms with Crippen molar-refractivity contribution in [1.82, 2.24) is 20.1 Å². The lowest BCUT2D eigenvalue weighted by molar-refractivity contribution is 0.239. The molecule has 1 aliphatic rings. The first-order valence-electron chi connectivity index (χ1n) is 7.65. The van der Waals surface area contributed by atoms with Gasteiger partial charge >= 0.3 is 0 Å². The van der Waals surface area contributed by atoms with Gasteiger partial charge in [-0.2, -0.15) is 5.10 Å². The Balaban J connectivity index is 2.05. The van der Waals surface area contributed by atoms with Gasteiger partial charge in [-0.3, -0.25) is 4.68 Å². The third kappa shape index (κ3) is 3.78. The normalized spacial score (nSPS) is 18.8. The number of nitrogens with one attached hydrogen (secondary N) is 1. The Morgan fingerprint density at radius 2 is 2.21 bits per heavy atom. The van der Waals surface area contributed by atoms with E-state index in [2.05, 4.69) is 47.8 Å². The summed E-state index contributed by atoms with van der Waals surface area (Å²) in [6, 6.07) is 0.548. The average molecular weight is 264 g/mol. The monoisotopic (exact) mass is 264 g/mol. The maximum atomic E-state index is 4.48. The summed E-state index contributed by atoms with van der Waals surface area (Å²) >= 11 is 0. The number of hydrogen-bond donors (Lipinski definition) is 1. The standard InChI is InChI=1S/C15H28N4/c1-5-8-19-14(17-11-18-19)9-15(4,13-6-7-13)10-16-12(2)3/h11-13,16H,5-10H2,1-4H3. The van der Waals surface area contributed by atoms with Crippen LogP contribution in [0, 0.1) is 11.3 Å². The molecule has 0 bridgehead atoms. The molecule has 1 N–H and O–H groups in total. The van der Waals surface area contributed by atoms with Crippen molar-refractivity contribution < 1.29 is 0 Å². The van der Waals surface area contributed by atoms with Gasteiger partial charge in [-0.1, -0.05) is 27.7 Å². The average Bonchev–Trinajstić information content (AvgIpc) is 3.13. The predicted molar refractivity (Wildman–Crippen MR) is 78.0 cm³/mol. The van der Waals surface area contributed by atoms with Gasteiger partial charge in [-0.25, -0.2) is 4.98 Å². The van der Waals surface area contributed by atoms with Crippen LogP contribution in [-0.4, -0.2) is 27.4 Å². The number of aryl methyl sites for hydroxylation is 1. The molecule has 1 aromatic heterocycles. The zero-order valence-corrected chi connectivity index (χ0v) is 12.8. The summed E-state index contributed by atoms with van der Waals surface area (Å²) in [7, 11) is 0. The first kappa shape index (κ1) is 14.5. The van der Waals surface area contributed by atoms with Gasteiger partial charge in [0, 0.05) is 25.6 Å². The zero-order valence-electron chi connectivity index (χ0n) is 12.8. The Bertz CT molecular complexity index is 395. The summed E-state index contributed by atoms with van der Waals surface area (Å²) in [6.45, 7) is 11.1. The largest absolute Gasteiger partial charge is 0.314 e. The number of aromatic nitrogens is 3. The van der Waals surface area contributed by atoms with Crippen molar-refractivity contribution in [2.24, 2.45) is 11.3 Å². The summed E-state index contributed by atoms with van der Waals surface area (Å²) in [5.41, 5.74) is 0.322. The Morgan fingerprint density at radius 3 is 2.79 bits per heavy atom. The van der Waals surface area contributed by atoms with Crippen molar-refractivity contribution in [2.45, 2.75) is 66.0 Å². The smallest absolute Gasteiger partial charge is 0.138 e. The molecule has 4 nitrogen and oxygen atoms in total. The summed E-state index contributed by atoms with van der Waals surface area (Å²) in [5, 5.41) is 7.96. The minimum absolute atomic E-state index is 0.322. The van der Waals surface area contributed by atoms with Crippen LogP contribution < -0.4 is 5.32 Å². The minimum Gasteiger partial charge on any atom is -0.314 e. The molecular weight excluding hydrogens is 236 g/mol. The lowest BCUT2D eigenvalue weighted by Crippen LogP contribution is -2.39. The Morgan fingerprint density at radius 1 is 1.47 bits per heavy atom. The van der Waals surface area contributed by atoms with E-state index in [4.69, 9.17) is 0 Å². The molecule has 0 amide bonds. The molecule has 0 spiro atoms. The zero-order chi connectivity index (χ0) is 13.9. The maximum absolute atomic E-state index is 4.48. The van der Waals surface area contributed by atoms with E-state index in [1.165, 1.54) is 12.8 Å². The third-order valence-electron chi connectivity index (χ3n) is 4.17. The van der Waals surface area contributed by atoms with Crippen LogP contribution in [0.2, 0.25) is 0 Å². The molecule has 1 fully saturated rings. The van der Waals surface area contributed by atoms with Crippen LogP contribution in [0.3, 0.4) is 0 Å². The van der Waals surface area contributed by atoms with E-state index in [0.29, 0.717) is 11.5 Å². The molecule has 0 aliphatic heterocycles. The molecule has 1 heterocycles. The molecule has 108 valence electrons. The second-order valence-electron chi connectivity index (χ2n) is 6.54. The number of nitrogens with zero attached hydrogens (tertiary/aromatic N) is 3. The molecule has 1 aliphatic carbocycles. The maximum Gasteiger partial charge on any atom is 0.138 e. The van der Waals surface area contributed by atoms with Crippen LogP contribution in [-0.2, 0) is 13.0 Å². The SMILES string of the molecule is CCCn1ncnc1CC(C)(CNC(C)C)C1CC1. The number of rotatable bonds is 8. The summed E-state index contributed by atoms with van der Waals surface area (Å²) in [6.07, 6.45) is 6.60. The molecule has 1 atom stereocenters. The van der Waals surface area contributed by atoms with E-state index >= 15 is 0 Å². The van der Waals surface area contributed by atoms with E-state index in [1.54, 1.807) is 6.33 Å². The highest BCUT2D eigenvalue weighted by Crippen LogP contribution is 2.46. The van der Waals surface area contributed by atoms with Crippen LogP contribution in [0.5, 0.6) is 0 Å². The van der Waals surface area contributed by atoms with Crippen molar-refractivity contribution in [3.8, 4) is 0 Å². The second-order valence-corrected chi connectivity index (χ2v) is 6.54.